The molecule has 1 saturated carbocycles. The molecule has 3 aromatic heterocycles. The van der Waals surface area contributed by atoms with Gasteiger partial charge in [0, 0.05) is 48.1 Å². The Morgan fingerprint density at radius 2 is 2.16 bits per heavy atom. The second-order valence-corrected chi connectivity index (χ2v) is 6.92. The standard InChI is InChI=1S/C18H25N7/c1-3-20-14-6-4-5-12(7-14)16-8-17(19)25-18(23-16)15(10-22-25)13-9-21-24(2)11-13/h8-12,14,20H,3-7,19H2,1-2H3/t12?,14-/m1/s1. The van der Waals surface area contributed by atoms with Crippen molar-refractivity contribution in [3.63, 3.8) is 0 Å². The number of nitrogens with two attached hydrogens (primary N) is 1. The Kier molecular flexibility index (Phi) is 4.17. The molecule has 1 aliphatic carbocycles. The summed E-state index contributed by atoms with van der Waals surface area (Å²) in [6.07, 6.45) is 10.4. The molecule has 132 valence electrons. The van der Waals surface area contributed by atoms with E-state index in [9.17, 15) is 0 Å². The van der Waals surface area contributed by atoms with Gasteiger partial charge >= 0.3 is 0 Å². The van der Waals surface area contributed by atoms with Crippen molar-refractivity contribution < 1.29 is 0 Å². The van der Waals surface area contributed by atoms with E-state index in [0.717, 1.165) is 35.4 Å². The van der Waals surface area contributed by atoms with Crippen LogP contribution in [0.2, 0.25) is 0 Å². The number of hydrogen-bond donors (Lipinski definition) is 2. The van der Waals surface area contributed by atoms with Crippen molar-refractivity contribution in [2.24, 2.45) is 7.05 Å². The molecule has 0 radical (unpaired) electrons. The molecule has 1 fully saturated rings. The minimum absolute atomic E-state index is 0.446. The van der Waals surface area contributed by atoms with Crippen molar-refractivity contribution in [2.45, 2.75) is 44.6 Å². The summed E-state index contributed by atoms with van der Waals surface area (Å²) in [5.41, 5.74) is 10.2. The SMILES string of the molecule is CCN[C@@H]1CCCC(c2cc(N)n3ncc(-c4cnn(C)c4)c3n2)C1. The van der Waals surface area contributed by atoms with Gasteiger partial charge in [0.2, 0.25) is 0 Å². The molecule has 0 aliphatic heterocycles. The number of fused-ring (bicyclic) bond motifs is 1. The fourth-order valence-electron chi connectivity index (χ4n) is 3.91. The molecular formula is C18H25N7. The molecule has 0 amide bonds. The molecule has 0 saturated heterocycles. The molecule has 4 rings (SSSR count). The van der Waals surface area contributed by atoms with Gasteiger partial charge in [-0.05, 0) is 25.8 Å². The van der Waals surface area contributed by atoms with Gasteiger partial charge in [0.05, 0.1) is 12.4 Å². The highest BCUT2D eigenvalue weighted by Crippen LogP contribution is 2.34. The number of anilines is 1. The van der Waals surface area contributed by atoms with E-state index in [-0.39, 0.29) is 0 Å². The van der Waals surface area contributed by atoms with E-state index >= 15 is 0 Å². The topological polar surface area (TPSA) is 86.1 Å². The maximum absolute atomic E-state index is 6.28. The third-order valence-electron chi connectivity index (χ3n) is 5.12. The normalized spacial score (nSPS) is 21.0. The third kappa shape index (κ3) is 3.00. The van der Waals surface area contributed by atoms with Crippen LogP contribution in [0.1, 0.15) is 44.2 Å². The molecule has 7 heteroatoms. The lowest BCUT2D eigenvalue weighted by Crippen LogP contribution is -2.33. The van der Waals surface area contributed by atoms with Crippen molar-refractivity contribution in [3.8, 4) is 11.1 Å². The summed E-state index contributed by atoms with van der Waals surface area (Å²) in [5.74, 6) is 1.09. The average molecular weight is 339 g/mol. The number of aryl methyl sites for hydroxylation is 1. The van der Waals surface area contributed by atoms with Crippen LogP contribution in [0.15, 0.2) is 24.7 Å². The molecule has 2 atom stereocenters. The van der Waals surface area contributed by atoms with Gasteiger partial charge in [0.1, 0.15) is 5.82 Å². The largest absolute Gasteiger partial charge is 0.384 e. The van der Waals surface area contributed by atoms with Crippen molar-refractivity contribution in [2.75, 3.05) is 12.3 Å². The Labute approximate surface area is 147 Å². The summed E-state index contributed by atoms with van der Waals surface area (Å²) in [6, 6.07) is 2.57. The molecule has 3 N–H and O–H groups in total. The lowest BCUT2D eigenvalue weighted by atomic mass is 9.83. The Morgan fingerprint density at radius 1 is 1.28 bits per heavy atom. The molecule has 3 heterocycles. The van der Waals surface area contributed by atoms with Crippen LogP contribution >= 0.6 is 0 Å². The first kappa shape index (κ1) is 16.1. The molecule has 0 spiro atoms. The molecule has 1 unspecified atom stereocenters. The maximum atomic E-state index is 6.28. The second-order valence-electron chi connectivity index (χ2n) is 6.92. The fourth-order valence-corrected chi connectivity index (χ4v) is 3.91. The Balaban J connectivity index is 1.73. The number of nitrogens with one attached hydrogen (secondary N) is 1. The van der Waals surface area contributed by atoms with Crippen LogP contribution in [0.3, 0.4) is 0 Å². The molecule has 25 heavy (non-hydrogen) atoms. The van der Waals surface area contributed by atoms with E-state index < -0.39 is 0 Å². The molecule has 0 bridgehead atoms. The van der Waals surface area contributed by atoms with Gasteiger partial charge in [-0.15, -0.1) is 0 Å². The number of nitrogens with zero attached hydrogens (tertiary/aromatic N) is 5. The van der Waals surface area contributed by atoms with Gasteiger partial charge in [0.15, 0.2) is 5.65 Å². The third-order valence-corrected chi connectivity index (χ3v) is 5.12. The number of hydrogen-bond acceptors (Lipinski definition) is 5. The molecule has 7 nitrogen and oxygen atoms in total. The number of aromatic nitrogens is 5. The first-order valence-electron chi connectivity index (χ1n) is 9.02. The zero-order valence-electron chi connectivity index (χ0n) is 14.8. The van der Waals surface area contributed by atoms with Crippen molar-refractivity contribution in [3.05, 3.63) is 30.4 Å². The quantitative estimate of drug-likeness (QED) is 0.762. The van der Waals surface area contributed by atoms with Gasteiger partial charge in [0.25, 0.3) is 0 Å². The monoisotopic (exact) mass is 339 g/mol. The zero-order chi connectivity index (χ0) is 17.4. The van der Waals surface area contributed by atoms with Crippen LogP contribution in [0.4, 0.5) is 5.82 Å². The van der Waals surface area contributed by atoms with Crippen molar-refractivity contribution in [1.29, 1.82) is 0 Å². The summed E-state index contributed by atoms with van der Waals surface area (Å²) < 4.78 is 3.50. The number of rotatable bonds is 4. The summed E-state index contributed by atoms with van der Waals surface area (Å²) in [7, 11) is 1.91. The second kappa shape index (κ2) is 6.48. The van der Waals surface area contributed by atoms with E-state index in [1.807, 2.05) is 31.7 Å². The molecular weight excluding hydrogens is 314 g/mol. The van der Waals surface area contributed by atoms with Crippen LogP contribution < -0.4 is 11.1 Å². The fraction of sp³-hybridized carbons (Fsp3) is 0.500. The van der Waals surface area contributed by atoms with E-state index in [2.05, 4.69) is 22.4 Å². The minimum atomic E-state index is 0.446. The summed E-state index contributed by atoms with van der Waals surface area (Å²) in [4.78, 5) is 4.96. The highest BCUT2D eigenvalue weighted by molar-refractivity contribution is 5.77. The predicted octanol–water partition coefficient (Wildman–Crippen LogP) is 2.35. The maximum Gasteiger partial charge on any atom is 0.165 e. The molecule has 3 aromatic rings. The zero-order valence-corrected chi connectivity index (χ0v) is 14.8. The van der Waals surface area contributed by atoms with Crippen LogP contribution in [0, 0.1) is 0 Å². The first-order chi connectivity index (χ1) is 12.2. The lowest BCUT2D eigenvalue weighted by Gasteiger charge is -2.29. The van der Waals surface area contributed by atoms with Crippen LogP contribution in [0.25, 0.3) is 16.8 Å². The van der Waals surface area contributed by atoms with Gasteiger partial charge in [-0.25, -0.2) is 4.98 Å². The Morgan fingerprint density at radius 3 is 2.92 bits per heavy atom. The highest BCUT2D eigenvalue weighted by atomic mass is 15.3. The molecule has 1 aliphatic rings. The van der Waals surface area contributed by atoms with Crippen LogP contribution in [-0.2, 0) is 7.05 Å². The Bertz CT molecular complexity index is 877. The smallest absolute Gasteiger partial charge is 0.165 e. The lowest BCUT2D eigenvalue weighted by molar-refractivity contribution is 0.341. The summed E-state index contributed by atoms with van der Waals surface area (Å²) in [6.45, 7) is 3.18. The van der Waals surface area contributed by atoms with E-state index in [1.165, 1.54) is 19.3 Å². The van der Waals surface area contributed by atoms with Crippen molar-refractivity contribution in [1.82, 2.24) is 29.7 Å². The van der Waals surface area contributed by atoms with Crippen LogP contribution in [-0.4, -0.2) is 37.0 Å². The first-order valence-corrected chi connectivity index (χ1v) is 9.02. The van der Waals surface area contributed by atoms with Gasteiger partial charge in [-0.3, -0.25) is 4.68 Å². The van der Waals surface area contributed by atoms with E-state index in [4.69, 9.17) is 10.7 Å². The van der Waals surface area contributed by atoms with Crippen molar-refractivity contribution >= 4 is 11.5 Å². The number of nitrogen functional groups attached to an aromatic ring is 1. The van der Waals surface area contributed by atoms with E-state index in [0.29, 0.717) is 17.8 Å². The van der Waals surface area contributed by atoms with Gasteiger partial charge in [-0.1, -0.05) is 13.3 Å². The van der Waals surface area contributed by atoms with Gasteiger partial charge < -0.3 is 11.1 Å². The Hall–Kier alpha value is -2.41. The molecule has 0 aromatic carbocycles. The predicted molar refractivity (Wildman–Crippen MR) is 98.3 cm³/mol. The van der Waals surface area contributed by atoms with Crippen LogP contribution in [0.5, 0.6) is 0 Å². The summed E-state index contributed by atoms with van der Waals surface area (Å²) in [5, 5.41) is 12.3. The summed E-state index contributed by atoms with van der Waals surface area (Å²) >= 11 is 0. The minimum Gasteiger partial charge on any atom is -0.384 e. The highest BCUT2D eigenvalue weighted by Gasteiger charge is 2.25. The van der Waals surface area contributed by atoms with Gasteiger partial charge in [-0.2, -0.15) is 14.7 Å². The van der Waals surface area contributed by atoms with E-state index in [1.54, 1.807) is 9.20 Å². The average Bonchev–Trinajstić information content (AvgIpc) is 3.21.